The van der Waals surface area contributed by atoms with Gasteiger partial charge in [-0.15, -0.1) is 0 Å². The minimum absolute atomic E-state index is 0.150. The molecule has 0 aliphatic carbocycles. The van der Waals surface area contributed by atoms with Gasteiger partial charge in [-0.3, -0.25) is 4.79 Å². The lowest BCUT2D eigenvalue weighted by Crippen LogP contribution is -2.12. The molecule has 1 amide bonds. The maximum Gasteiger partial charge on any atom is 0.259 e. The van der Waals surface area contributed by atoms with Gasteiger partial charge in [-0.1, -0.05) is 0 Å². The van der Waals surface area contributed by atoms with Crippen molar-refractivity contribution in [2.24, 2.45) is 0 Å². The Hall–Kier alpha value is -2.76. The van der Waals surface area contributed by atoms with Crippen LogP contribution in [0.5, 0.6) is 17.4 Å². The first-order chi connectivity index (χ1) is 9.63. The highest BCUT2D eigenvalue weighted by molar-refractivity contribution is 6.06. The Morgan fingerprint density at radius 1 is 1.20 bits per heavy atom. The molecule has 0 radical (unpaired) electrons. The molecule has 6 heteroatoms. The molecule has 0 fully saturated rings. The maximum atomic E-state index is 12.0. The van der Waals surface area contributed by atoms with Crippen LogP contribution in [0, 0.1) is 0 Å². The Kier molecular flexibility index (Phi) is 4.05. The summed E-state index contributed by atoms with van der Waals surface area (Å²) in [4.78, 5) is 16.0. The number of anilines is 1. The van der Waals surface area contributed by atoms with Crippen LogP contribution < -0.4 is 14.8 Å². The van der Waals surface area contributed by atoms with Gasteiger partial charge in [-0.25, -0.2) is 4.98 Å². The van der Waals surface area contributed by atoms with E-state index in [0.29, 0.717) is 17.3 Å². The minimum Gasteiger partial charge on any atom is -0.507 e. The minimum atomic E-state index is -0.433. The summed E-state index contributed by atoms with van der Waals surface area (Å²) in [5.41, 5.74) is 0.660. The van der Waals surface area contributed by atoms with Crippen LogP contribution in [0.3, 0.4) is 0 Å². The van der Waals surface area contributed by atoms with Crippen molar-refractivity contribution in [1.29, 1.82) is 0 Å². The average molecular weight is 274 g/mol. The number of aromatic nitrogens is 1. The molecule has 0 unspecified atom stereocenters. The first kappa shape index (κ1) is 13.7. The Bertz CT molecular complexity index is 611. The molecule has 0 spiro atoms. The number of nitrogens with one attached hydrogen (secondary N) is 1. The lowest BCUT2D eigenvalue weighted by molar-refractivity contribution is 0.102. The molecule has 0 aliphatic heterocycles. The number of hydrogen-bond acceptors (Lipinski definition) is 5. The van der Waals surface area contributed by atoms with Gasteiger partial charge in [0.25, 0.3) is 5.91 Å². The number of nitrogens with zero attached hydrogens (tertiary/aromatic N) is 1. The zero-order valence-electron chi connectivity index (χ0n) is 11.1. The van der Waals surface area contributed by atoms with Gasteiger partial charge in [0.2, 0.25) is 5.88 Å². The fourth-order valence-corrected chi connectivity index (χ4v) is 1.60. The van der Waals surface area contributed by atoms with Gasteiger partial charge in [0.05, 0.1) is 31.7 Å². The number of pyridine rings is 1. The number of hydrogen-bond donors (Lipinski definition) is 2. The van der Waals surface area contributed by atoms with Crippen molar-refractivity contribution in [3.05, 3.63) is 42.1 Å². The summed E-state index contributed by atoms with van der Waals surface area (Å²) in [6, 6.07) is 7.75. The largest absolute Gasteiger partial charge is 0.507 e. The molecule has 1 heterocycles. The van der Waals surface area contributed by atoms with Crippen molar-refractivity contribution in [3.8, 4) is 17.4 Å². The van der Waals surface area contributed by atoms with E-state index in [1.54, 1.807) is 18.2 Å². The molecule has 0 atom stereocenters. The van der Waals surface area contributed by atoms with E-state index in [2.05, 4.69) is 10.3 Å². The van der Waals surface area contributed by atoms with Gasteiger partial charge in [-0.05, 0) is 18.2 Å². The number of rotatable bonds is 4. The second-order valence-corrected chi connectivity index (χ2v) is 3.93. The number of carbonyl (C=O) groups is 1. The summed E-state index contributed by atoms with van der Waals surface area (Å²) in [5, 5.41) is 12.4. The number of phenolic OH excluding ortho intramolecular Hbond substituents is 1. The first-order valence-electron chi connectivity index (χ1n) is 5.82. The zero-order chi connectivity index (χ0) is 14.5. The molecule has 1 aromatic heterocycles. The number of aromatic hydroxyl groups is 1. The van der Waals surface area contributed by atoms with E-state index in [4.69, 9.17) is 9.47 Å². The quantitative estimate of drug-likeness (QED) is 0.892. The summed E-state index contributed by atoms with van der Waals surface area (Å²) < 4.78 is 9.88. The van der Waals surface area contributed by atoms with E-state index in [-0.39, 0.29) is 11.3 Å². The van der Waals surface area contributed by atoms with E-state index >= 15 is 0 Å². The van der Waals surface area contributed by atoms with Crippen LogP contribution in [-0.4, -0.2) is 30.2 Å². The smallest absolute Gasteiger partial charge is 0.259 e. The molecule has 2 rings (SSSR count). The third-order valence-electron chi connectivity index (χ3n) is 2.65. The highest BCUT2D eigenvalue weighted by Gasteiger charge is 2.12. The van der Waals surface area contributed by atoms with Crippen LogP contribution in [0.4, 0.5) is 5.69 Å². The molecular formula is C14H14N2O4. The predicted molar refractivity (Wildman–Crippen MR) is 73.4 cm³/mol. The molecule has 0 bridgehead atoms. The molecule has 20 heavy (non-hydrogen) atoms. The van der Waals surface area contributed by atoms with E-state index < -0.39 is 5.91 Å². The molecule has 1 aromatic carbocycles. The Morgan fingerprint density at radius 3 is 2.55 bits per heavy atom. The monoisotopic (exact) mass is 274 g/mol. The normalized spacial score (nSPS) is 9.90. The SMILES string of the molecule is COc1ccc(C(=O)Nc2ccc(OC)nc2)c(O)c1. The van der Waals surface area contributed by atoms with Crippen LogP contribution in [0.15, 0.2) is 36.5 Å². The fraction of sp³-hybridized carbons (Fsp3) is 0.143. The highest BCUT2D eigenvalue weighted by atomic mass is 16.5. The fourth-order valence-electron chi connectivity index (χ4n) is 1.60. The number of methoxy groups -OCH3 is 2. The second kappa shape index (κ2) is 5.92. The van der Waals surface area contributed by atoms with E-state index in [1.165, 1.54) is 32.5 Å². The highest BCUT2D eigenvalue weighted by Crippen LogP contribution is 2.24. The van der Waals surface area contributed by atoms with Crippen molar-refractivity contribution in [1.82, 2.24) is 4.98 Å². The first-order valence-corrected chi connectivity index (χ1v) is 5.82. The van der Waals surface area contributed by atoms with Crippen LogP contribution >= 0.6 is 0 Å². The summed E-state index contributed by atoms with van der Waals surface area (Å²) in [6.45, 7) is 0. The summed E-state index contributed by atoms with van der Waals surface area (Å²) in [5.74, 6) is 0.348. The Balaban J connectivity index is 2.14. The van der Waals surface area contributed by atoms with Crippen molar-refractivity contribution in [2.45, 2.75) is 0 Å². The van der Waals surface area contributed by atoms with Gasteiger partial charge in [-0.2, -0.15) is 0 Å². The van der Waals surface area contributed by atoms with Crippen LogP contribution in [0.25, 0.3) is 0 Å². The predicted octanol–water partition coefficient (Wildman–Crippen LogP) is 2.06. The number of benzene rings is 1. The molecule has 2 aromatic rings. The third kappa shape index (κ3) is 2.97. The second-order valence-electron chi connectivity index (χ2n) is 3.93. The standard InChI is InChI=1S/C14H14N2O4/c1-19-10-4-5-11(12(17)7-10)14(18)16-9-3-6-13(20-2)15-8-9/h3-8,17H,1-2H3,(H,16,18). The van der Waals surface area contributed by atoms with Gasteiger partial charge in [0.15, 0.2) is 0 Å². The van der Waals surface area contributed by atoms with E-state index in [9.17, 15) is 9.90 Å². The van der Waals surface area contributed by atoms with Gasteiger partial charge in [0.1, 0.15) is 11.5 Å². The Morgan fingerprint density at radius 2 is 2.00 bits per heavy atom. The molecular weight excluding hydrogens is 260 g/mol. The van der Waals surface area contributed by atoms with Crippen molar-refractivity contribution in [2.75, 3.05) is 19.5 Å². The number of ether oxygens (including phenoxy) is 2. The van der Waals surface area contributed by atoms with Crippen molar-refractivity contribution >= 4 is 11.6 Å². The van der Waals surface area contributed by atoms with E-state index in [0.717, 1.165) is 0 Å². The molecule has 6 nitrogen and oxygen atoms in total. The summed E-state index contributed by atoms with van der Waals surface area (Å²) >= 11 is 0. The number of amides is 1. The van der Waals surface area contributed by atoms with E-state index in [1.807, 2.05) is 0 Å². The zero-order valence-corrected chi connectivity index (χ0v) is 11.1. The Labute approximate surface area is 116 Å². The molecule has 104 valence electrons. The third-order valence-corrected chi connectivity index (χ3v) is 2.65. The number of carbonyl (C=O) groups excluding carboxylic acids is 1. The van der Waals surface area contributed by atoms with Crippen molar-refractivity contribution < 1.29 is 19.4 Å². The molecule has 0 saturated heterocycles. The topological polar surface area (TPSA) is 80.7 Å². The van der Waals surface area contributed by atoms with Gasteiger partial charge < -0.3 is 19.9 Å². The van der Waals surface area contributed by atoms with Gasteiger partial charge in [0, 0.05) is 12.1 Å². The van der Waals surface area contributed by atoms with Crippen molar-refractivity contribution in [3.63, 3.8) is 0 Å². The lowest BCUT2D eigenvalue weighted by atomic mass is 10.1. The van der Waals surface area contributed by atoms with Crippen LogP contribution in [-0.2, 0) is 0 Å². The van der Waals surface area contributed by atoms with Gasteiger partial charge >= 0.3 is 0 Å². The van der Waals surface area contributed by atoms with Crippen LogP contribution in [0.2, 0.25) is 0 Å². The summed E-state index contributed by atoms with van der Waals surface area (Å²) in [6.07, 6.45) is 1.47. The number of phenols is 1. The molecule has 2 N–H and O–H groups in total. The lowest BCUT2D eigenvalue weighted by Gasteiger charge is -2.08. The summed E-state index contributed by atoms with van der Waals surface area (Å²) in [7, 11) is 2.99. The molecule has 0 saturated carbocycles. The molecule has 0 aliphatic rings. The average Bonchev–Trinajstić information content (AvgIpc) is 2.47. The van der Waals surface area contributed by atoms with Crippen LogP contribution in [0.1, 0.15) is 10.4 Å². The maximum absolute atomic E-state index is 12.0.